The van der Waals surface area contributed by atoms with Crippen LogP contribution >= 0.6 is 0 Å². The lowest BCUT2D eigenvalue weighted by atomic mass is 9.93. The van der Waals surface area contributed by atoms with E-state index in [1.165, 1.54) is 11.1 Å². The predicted octanol–water partition coefficient (Wildman–Crippen LogP) is 3.34. The highest BCUT2D eigenvalue weighted by molar-refractivity contribution is 6.02. The maximum Gasteiger partial charge on any atom is 0.250 e. The average Bonchev–Trinajstić information content (AvgIpc) is 2.69. The number of para-hydroxylation sites is 1. The molecule has 1 atom stereocenters. The van der Waals surface area contributed by atoms with E-state index in [0.717, 1.165) is 25.8 Å². The van der Waals surface area contributed by atoms with Gasteiger partial charge in [0.1, 0.15) is 0 Å². The van der Waals surface area contributed by atoms with Crippen molar-refractivity contribution in [2.45, 2.75) is 31.7 Å². The molecular weight excluding hydrogens is 338 g/mol. The van der Waals surface area contributed by atoms with Crippen molar-refractivity contribution in [3.63, 3.8) is 0 Å². The van der Waals surface area contributed by atoms with Gasteiger partial charge in [0.15, 0.2) is 0 Å². The summed E-state index contributed by atoms with van der Waals surface area (Å²) >= 11 is 0. The Morgan fingerprint density at radius 1 is 1.07 bits per heavy atom. The van der Waals surface area contributed by atoms with Gasteiger partial charge in [-0.05, 0) is 42.5 Å². The van der Waals surface area contributed by atoms with E-state index in [4.69, 9.17) is 5.73 Å². The van der Waals surface area contributed by atoms with E-state index in [9.17, 15) is 9.59 Å². The molecule has 2 aromatic rings. The number of primary amides is 1. The molecule has 5 nitrogen and oxygen atoms in total. The summed E-state index contributed by atoms with van der Waals surface area (Å²) in [5.41, 5.74) is 8.78. The molecule has 5 heteroatoms. The fourth-order valence-corrected chi connectivity index (χ4v) is 3.39. The average molecular weight is 363 g/mol. The van der Waals surface area contributed by atoms with Crippen molar-refractivity contribution >= 4 is 23.1 Å². The highest BCUT2D eigenvalue weighted by Crippen LogP contribution is 2.24. The number of carbonyl (C=O) groups is 2. The Morgan fingerprint density at radius 3 is 2.59 bits per heavy atom. The molecule has 0 radical (unpaired) electrons. The molecule has 0 bridgehead atoms. The first-order chi connectivity index (χ1) is 13.1. The van der Waals surface area contributed by atoms with Crippen LogP contribution in [0.15, 0.2) is 60.7 Å². The number of anilines is 1. The van der Waals surface area contributed by atoms with Crippen molar-refractivity contribution in [3.05, 3.63) is 71.8 Å². The summed E-state index contributed by atoms with van der Waals surface area (Å²) in [6.45, 7) is 0.854. The van der Waals surface area contributed by atoms with Crippen LogP contribution in [0, 0.1) is 0 Å². The van der Waals surface area contributed by atoms with Gasteiger partial charge < -0.3 is 16.4 Å². The van der Waals surface area contributed by atoms with E-state index >= 15 is 0 Å². The third-order valence-corrected chi connectivity index (χ3v) is 4.79. The zero-order valence-electron chi connectivity index (χ0n) is 15.3. The van der Waals surface area contributed by atoms with E-state index in [2.05, 4.69) is 41.0 Å². The van der Waals surface area contributed by atoms with Crippen LogP contribution in [-0.2, 0) is 4.79 Å². The summed E-state index contributed by atoms with van der Waals surface area (Å²) in [5, 5.41) is 6.29. The second kappa shape index (κ2) is 9.14. The first-order valence-electron chi connectivity index (χ1n) is 9.30. The van der Waals surface area contributed by atoms with Crippen LogP contribution in [0.4, 0.5) is 5.69 Å². The van der Waals surface area contributed by atoms with Crippen molar-refractivity contribution in [2.75, 3.05) is 11.9 Å². The van der Waals surface area contributed by atoms with Crippen LogP contribution in [0.3, 0.4) is 0 Å². The summed E-state index contributed by atoms with van der Waals surface area (Å²) in [5.74, 6) is -0.643. The molecule has 4 N–H and O–H groups in total. The summed E-state index contributed by atoms with van der Waals surface area (Å²) < 4.78 is 0. The van der Waals surface area contributed by atoms with Crippen molar-refractivity contribution in [2.24, 2.45) is 5.73 Å². The van der Waals surface area contributed by atoms with Gasteiger partial charge in [0, 0.05) is 19.0 Å². The van der Waals surface area contributed by atoms with Crippen molar-refractivity contribution in [1.82, 2.24) is 5.32 Å². The minimum Gasteiger partial charge on any atom is -0.366 e. The first kappa shape index (κ1) is 18.9. The van der Waals surface area contributed by atoms with Crippen LogP contribution in [0.25, 0.3) is 5.57 Å². The highest BCUT2D eigenvalue weighted by Gasteiger charge is 2.16. The minimum atomic E-state index is -0.544. The molecule has 27 heavy (non-hydrogen) atoms. The Balaban J connectivity index is 1.47. The van der Waals surface area contributed by atoms with Gasteiger partial charge >= 0.3 is 0 Å². The van der Waals surface area contributed by atoms with Crippen molar-refractivity contribution in [1.29, 1.82) is 0 Å². The second-order valence-electron chi connectivity index (χ2n) is 6.75. The topological polar surface area (TPSA) is 84.2 Å². The van der Waals surface area contributed by atoms with E-state index in [0.29, 0.717) is 23.7 Å². The molecule has 0 saturated carbocycles. The van der Waals surface area contributed by atoms with Crippen LogP contribution in [0.1, 0.15) is 41.6 Å². The van der Waals surface area contributed by atoms with Crippen molar-refractivity contribution in [3.8, 4) is 0 Å². The van der Waals surface area contributed by atoms with Crippen LogP contribution in [-0.4, -0.2) is 24.4 Å². The SMILES string of the molecule is NC(=O)c1ccccc1NC(=O)CCCC1CC(c2ccccc2)=CCN1. The Labute approximate surface area is 159 Å². The molecule has 3 rings (SSSR count). The van der Waals surface area contributed by atoms with E-state index in [-0.39, 0.29) is 5.91 Å². The smallest absolute Gasteiger partial charge is 0.250 e. The normalized spacial score (nSPS) is 16.4. The van der Waals surface area contributed by atoms with Gasteiger partial charge in [-0.2, -0.15) is 0 Å². The van der Waals surface area contributed by atoms with Gasteiger partial charge in [0.2, 0.25) is 5.91 Å². The number of nitrogens with one attached hydrogen (secondary N) is 2. The maximum atomic E-state index is 12.2. The van der Waals surface area contributed by atoms with Gasteiger partial charge in [-0.15, -0.1) is 0 Å². The van der Waals surface area contributed by atoms with Gasteiger partial charge in [0.25, 0.3) is 5.91 Å². The Hall–Kier alpha value is -2.92. The molecule has 0 saturated heterocycles. The molecule has 1 aliphatic rings. The number of amides is 2. The van der Waals surface area contributed by atoms with Gasteiger partial charge in [-0.3, -0.25) is 9.59 Å². The molecule has 0 spiro atoms. The first-order valence-corrected chi connectivity index (χ1v) is 9.30. The number of hydrogen-bond donors (Lipinski definition) is 3. The Morgan fingerprint density at radius 2 is 1.81 bits per heavy atom. The molecule has 1 unspecified atom stereocenters. The van der Waals surface area contributed by atoms with Crippen LogP contribution < -0.4 is 16.4 Å². The molecule has 2 aromatic carbocycles. The van der Waals surface area contributed by atoms with E-state index in [1.807, 2.05) is 6.07 Å². The summed E-state index contributed by atoms with van der Waals surface area (Å²) in [7, 11) is 0. The summed E-state index contributed by atoms with van der Waals surface area (Å²) in [4.78, 5) is 23.6. The van der Waals surface area contributed by atoms with Gasteiger partial charge in [0.05, 0.1) is 11.3 Å². The lowest BCUT2D eigenvalue weighted by molar-refractivity contribution is -0.116. The summed E-state index contributed by atoms with van der Waals surface area (Å²) in [6, 6.07) is 17.6. The van der Waals surface area contributed by atoms with E-state index < -0.39 is 5.91 Å². The van der Waals surface area contributed by atoms with E-state index in [1.54, 1.807) is 24.3 Å². The van der Waals surface area contributed by atoms with Gasteiger partial charge in [-0.25, -0.2) is 0 Å². The number of nitrogens with two attached hydrogens (primary N) is 1. The number of rotatable bonds is 7. The molecule has 2 amide bonds. The molecule has 0 aromatic heterocycles. The third kappa shape index (κ3) is 5.28. The lowest BCUT2D eigenvalue weighted by Crippen LogP contribution is -2.33. The minimum absolute atomic E-state index is 0.0988. The molecule has 0 aliphatic carbocycles. The van der Waals surface area contributed by atoms with Gasteiger partial charge in [-0.1, -0.05) is 48.5 Å². The molecule has 0 fully saturated rings. The number of hydrogen-bond acceptors (Lipinski definition) is 3. The standard InChI is InChI=1S/C22H25N3O2/c23-22(27)19-10-4-5-11-20(19)25-21(26)12-6-9-18-15-17(13-14-24-18)16-7-2-1-3-8-16/h1-5,7-8,10-11,13,18,24H,6,9,12,14-15H2,(H2,23,27)(H,25,26). The number of benzene rings is 2. The highest BCUT2D eigenvalue weighted by atomic mass is 16.2. The maximum absolute atomic E-state index is 12.2. The zero-order chi connectivity index (χ0) is 19.1. The largest absolute Gasteiger partial charge is 0.366 e. The third-order valence-electron chi connectivity index (χ3n) is 4.79. The fraction of sp³-hybridized carbons (Fsp3) is 0.273. The predicted molar refractivity (Wildman–Crippen MR) is 108 cm³/mol. The molecule has 1 aliphatic heterocycles. The summed E-state index contributed by atoms with van der Waals surface area (Å²) in [6.07, 6.45) is 5.32. The van der Waals surface area contributed by atoms with Crippen LogP contribution in [0.2, 0.25) is 0 Å². The quantitative estimate of drug-likeness (QED) is 0.705. The Kier molecular flexibility index (Phi) is 6.39. The monoisotopic (exact) mass is 363 g/mol. The van der Waals surface area contributed by atoms with Crippen molar-refractivity contribution < 1.29 is 9.59 Å². The van der Waals surface area contributed by atoms with Crippen LogP contribution in [0.5, 0.6) is 0 Å². The zero-order valence-corrected chi connectivity index (χ0v) is 15.3. The second-order valence-corrected chi connectivity index (χ2v) is 6.75. The lowest BCUT2D eigenvalue weighted by Gasteiger charge is -2.24. The molecule has 1 heterocycles. The fourth-order valence-electron chi connectivity index (χ4n) is 3.39. The molecule has 140 valence electrons. The number of carbonyl (C=O) groups excluding carboxylic acids is 2. The molecular formula is C22H25N3O2. The Bertz CT molecular complexity index is 830.